The fourth-order valence-electron chi connectivity index (χ4n) is 1.03. The minimum absolute atomic E-state index is 0.301. The molecule has 0 fully saturated rings. The van der Waals surface area contributed by atoms with E-state index in [0.29, 0.717) is 16.3 Å². The van der Waals surface area contributed by atoms with Crippen LogP contribution in [0.5, 0.6) is 0 Å². The third kappa shape index (κ3) is 2.90. The third-order valence-electron chi connectivity index (χ3n) is 1.84. The number of carbonyl (C=O) groups excluding carboxylic acids is 1. The fourth-order valence-corrected chi connectivity index (χ4v) is 1.31. The Balaban J connectivity index is 2.88. The number of rotatable bonds is 2. The van der Waals surface area contributed by atoms with E-state index < -0.39 is 0 Å². The van der Waals surface area contributed by atoms with Gasteiger partial charge in [0.1, 0.15) is 0 Å². The number of amides is 1. The molecular formula is C11H11ClN2O. The Morgan fingerprint density at radius 2 is 2.33 bits per heavy atom. The second kappa shape index (κ2) is 4.72. The highest BCUT2D eigenvalue weighted by Gasteiger charge is 2.11. The molecule has 0 bridgehead atoms. The van der Waals surface area contributed by atoms with Crippen LogP contribution in [-0.4, -0.2) is 11.9 Å². The van der Waals surface area contributed by atoms with Gasteiger partial charge in [-0.2, -0.15) is 0 Å². The van der Waals surface area contributed by atoms with Crippen LogP contribution >= 0.6 is 11.6 Å². The van der Waals surface area contributed by atoms with Gasteiger partial charge < -0.3 is 11.1 Å². The number of hydrogen-bond acceptors (Lipinski definition) is 2. The Morgan fingerprint density at radius 3 is 2.87 bits per heavy atom. The number of nitrogen functional groups attached to an aromatic ring is 1. The fraction of sp³-hybridized carbons (Fsp3) is 0.182. The summed E-state index contributed by atoms with van der Waals surface area (Å²) in [4.78, 5) is 11.6. The molecule has 4 heteroatoms. The van der Waals surface area contributed by atoms with Gasteiger partial charge in [0.2, 0.25) is 0 Å². The minimum Gasteiger partial charge on any atom is -0.399 e. The molecule has 78 valence electrons. The van der Waals surface area contributed by atoms with Crippen LogP contribution in [0.3, 0.4) is 0 Å². The summed E-state index contributed by atoms with van der Waals surface area (Å²) in [6.45, 7) is 1.71. The highest BCUT2D eigenvalue weighted by atomic mass is 35.5. The van der Waals surface area contributed by atoms with Crippen molar-refractivity contribution in [3.05, 3.63) is 28.8 Å². The first-order valence-electron chi connectivity index (χ1n) is 4.36. The quantitative estimate of drug-likeness (QED) is 0.591. The van der Waals surface area contributed by atoms with Crippen molar-refractivity contribution < 1.29 is 4.79 Å². The highest BCUT2D eigenvalue weighted by molar-refractivity contribution is 6.34. The first kappa shape index (κ1) is 11.4. The van der Waals surface area contributed by atoms with Crippen molar-refractivity contribution in [2.24, 2.45) is 0 Å². The minimum atomic E-state index is -0.328. The molecule has 3 N–H and O–H groups in total. The van der Waals surface area contributed by atoms with Gasteiger partial charge >= 0.3 is 0 Å². The smallest absolute Gasteiger partial charge is 0.253 e. The average molecular weight is 223 g/mol. The van der Waals surface area contributed by atoms with Gasteiger partial charge in [-0.3, -0.25) is 4.79 Å². The molecule has 0 spiro atoms. The van der Waals surface area contributed by atoms with Crippen LogP contribution in [-0.2, 0) is 0 Å². The highest BCUT2D eigenvalue weighted by Crippen LogP contribution is 2.18. The summed E-state index contributed by atoms with van der Waals surface area (Å²) in [6, 6.07) is 4.38. The number of anilines is 1. The molecule has 1 atom stereocenters. The van der Waals surface area contributed by atoms with Crippen molar-refractivity contribution in [1.82, 2.24) is 5.32 Å². The number of hydrogen-bond donors (Lipinski definition) is 2. The molecule has 0 heterocycles. The monoisotopic (exact) mass is 222 g/mol. The van der Waals surface area contributed by atoms with Crippen LogP contribution in [0.1, 0.15) is 17.3 Å². The summed E-state index contributed by atoms with van der Waals surface area (Å²) in [6.07, 6.45) is 5.14. The molecule has 1 aromatic carbocycles. The second-order valence-electron chi connectivity index (χ2n) is 3.10. The first-order valence-corrected chi connectivity index (χ1v) is 4.74. The Morgan fingerprint density at radius 1 is 1.67 bits per heavy atom. The zero-order valence-corrected chi connectivity index (χ0v) is 9.01. The first-order chi connectivity index (χ1) is 7.04. The van der Waals surface area contributed by atoms with Gasteiger partial charge in [-0.15, -0.1) is 6.42 Å². The number of halogens is 1. The number of nitrogens with one attached hydrogen (secondary N) is 1. The van der Waals surface area contributed by atoms with E-state index in [4.69, 9.17) is 23.8 Å². The number of terminal acetylenes is 1. The van der Waals surface area contributed by atoms with E-state index in [2.05, 4.69) is 11.2 Å². The molecule has 0 saturated heterocycles. The molecule has 1 amide bonds. The largest absolute Gasteiger partial charge is 0.399 e. The molecule has 0 aliphatic heterocycles. The van der Waals surface area contributed by atoms with Crippen LogP contribution in [0.25, 0.3) is 0 Å². The van der Waals surface area contributed by atoms with Gasteiger partial charge in [-0.1, -0.05) is 17.5 Å². The molecule has 0 aromatic heterocycles. The van der Waals surface area contributed by atoms with E-state index in [0.717, 1.165) is 0 Å². The van der Waals surface area contributed by atoms with E-state index in [1.807, 2.05) is 0 Å². The predicted molar refractivity (Wildman–Crippen MR) is 61.6 cm³/mol. The lowest BCUT2D eigenvalue weighted by molar-refractivity contribution is 0.0948. The van der Waals surface area contributed by atoms with Crippen LogP contribution in [0.15, 0.2) is 18.2 Å². The van der Waals surface area contributed by atoms with Gasteiger partial charge in [0, 0.05) is 5.69 Å². The zero-order chi connectivity index (χ0) is 11.4. The summed E-state index contributed by atoms with van der Waals surface area (Å²) in [7, 11) is 0. The Labute approximate surface area is 93.6 Å². The van der Waals surface area contributed by atoms with Crippen molar-refractivity contribution in [1.29, 1.82) is 0 Å². The summed E-state index contributed by atoms with van der Waals surface area (Å²) in [5, 5.41) is 2.92. The van der Waals surface area contributed by atoms with Crippen LogP contribution in [0.2, 0.25) is 5.02 Å². The van der Waals surface area contributed by atoms with Gasteiger partial charge in [0.15, 0.2) is 0 Å². The number of nitrogens with two attached hydrogens (primary N) is 1. The lowest BCUT2D eigenvalue weighted by atomic mass is 10.2. The topological polar surface area (TPSA) is 55.1 Å². The lowest BCUT2D eigenvalue weighted by Crippen LogP contribution is -2.31. The number of benzene rings is 1. The maximum Gasteiger partial charge on any atom is 0.253 e. The van der Waals surface area contributed by atoms with Crippen LogP contribution in [0, 0.1) is 12.3 Å². The zero-order valence-electron chi connectivity index (χ0n) is 8.25. The molecular weight excluding hydrogens is 212 g/mol. The Kier molecular flexibility index (Phi) is 3.59. The molecule has 0 saturated carbocycles. The third-order valence-corrected chi connectivity index (χ3v) is 2.15. The van der Waals surface area contributed by atoms with Gasteiger partial charge in [-0.25, -0.2) is 0 Å². The molecule has 1 unspecified atom stereocenters. The standard InChI is InChI=1S/C11H11ClN2O/c1-3-7(2)14-11(15)9-5-4-8(13)6-10(9)12/h1,4-7H,13H2,2H3,(H,14,15). The molecule has 0 radical (unpaired) electrons. The molecule has 15 heavy (non-hydrogen) atoms. The lowest BCUT2D eigenvalue weighted by Gasteiger charge is -2.09. The molecule has 0 aliphatic carbocycles. The van der Waals surface area contributed by atoms with Gasteiger partial charge in [0.25, 0.3) is 5.91 Å². The van der Waals surface area contributed by atoms with E-state index in [1.54, 1.807) is 19.1 Å². The second-order valence-corrected chi connectivity index (χ2v) is 3.51. The maximum atomic E-state index is 11.6. The molecule has 1 aromatic rings. The number of carbonyl (C=O) groups is 1. The van der Waals surface area contributed by atoms with E-state index in [9.17, 15) is 4.79 Å². The Hall–Kier alpha value is -1.66. The maximum absolute atomic E-state index is 11.6. The van der Waals surface area contributed by atoms with E-state index in [-0.39, 0.29) is 11.9 Å². The van der Waals surface area contributed by atoms with E-state index in [1.165, 1.54) is 6.07 Å². The summed E-state index contributed by atoms with van der Waals surface area (Å²) < 4.78 is 0. The molecule has 1 rings (SSSR count). The summed E-state index contributed by atoms with van der Waals surface area (Å²) in [5.74, 6) is 2.10. The van der Waals surface area contributed by atoms with Crippen molar-refractivity contribution >= 4 is 23.2 Å². The average Bonchev–Trinajstić information content (AvgIpc) is 2.17. The summed E-state index contributed by atoms with van der Waals surface area (Å²) in [5.41, 5.74) is 6.39. The molecule has 0 aliphatic rings. The van der Waals surface area contributed by atoms with Crippen LogP contribution in [0.4, 0.5) is 5.69 Å². The molecule has 3 nitrogen and oxygen atoms in total. The van der Waals surface area contributed by atoms with Gasteiger partial charge in [-0.05, 0) is 25.1 Å². The Bertz CT molecular complexity index is 423. The van der Waals surface area contributed by atoms with Crippen molar-refractivity contribution in [2.75, 3.05) is 5.73 Å². The van der Waals surface area contributed by atoms with E-state index >= 15 is 0 Å². The van der Waals surface area contributed by atoms with Crippen LogP contribution < -0.4 is 11.1 Å². The van der Waals surface area contributed by atoms with Crippen molar-refractivity contribution in [2.45, 2.75) is 13.0 Å². The normalized spacial score (nSPS) is 11.5. The summed E-state index contributed by atoms with van der Waals surface area (Å²) >= 11 is 5.86. The SMILES string of the molecule is C#CC(C)NC(=O)c1ccc(N)cc1Cl. The van der Waals surface area contributed by atoms with Crippen molar-refractivity contribution in [3.63, 3.8) is 0 Å². The van der Waals surface area contributed by atoms with Gasteiger partial charge in [0.05, 0.1) is 16.6 Å². The van der Waals surface area contributed by atoms with Crippen molar-refractivity contribution in [3.8, 4) is 12.3 Å². The predicted octanol–water partition coefficient (Wildman–Crippen LogP) is 1.67.